The normalized spacial score (nSPS) is 7.92. The summed E-state index contributed by atoms with van der Waals surface area (Å²) in [4.78, 5) is 20.0. The summed E-state index contributed by atoms with van der Waals surface area (Å²) < 4.78 is 4.00. The second kappa shape index (κ2) is 10.8. The average Bonchev–Trinajstić information content (AvgIpc) is 2.06. The van der Waals surface area contributed by atoms with Gasteiger partial charge in [0.25, 0.3) is 0 Å². The minimum Gasteiger partial charge on any atom is -0.396 e. The van der Waals surface area contributed by atoms with E-state index in [4.69, 9.17) is 5.11 Å². The Bertz CT molecular complexity index is 161. The number of carbonyl (C=O) groups excluding carboxylic acids is 2. The Kier molecular flexibility index (Phi) is 12.0. The SMILES string of the molecule is C=CC(=O)OC(C)=O.CCCCO. The minimum atomic E-state index is -0.711. The van der Waals surface area contributed by atoms with E-state index in [1.165, 1.54) is 0 Å². The summed E-state index contributed by atoms with van der Waals surface area (Å²) in [5.41, 5.74) is 0. The molecule has 0 aliphatic rings. The van der Waals surface area contributed by atoms with Crippen LogP contribution in [-0.4, -0.2) is 23.7 Å². The first-order valence-corrected chi connectivity index (χ1v) is 4.04. The number of aliphatic hydroxyl groups excluding tert-OH is 1. The van der Waals surface area contributed by atoms with Crippen LogP contribution in [-0.2, 0) is 14.3 Å². The molecule has 0 radical (unpaired) electrons. The largest absolute Gasteiger partial charge is 0.396 e. The Morgan fingerprint density at radius 2 is 2.08 bits per heavy atom. The molecule has 0 saturated carbocycles. The first-order valence-electron chi connectivity index (χ1n) is 4.04. The molecule has 1 N–H and O–H groups in total. The van der Waals surface area contributed by atoms with E-state index in [9.17, 15) is 9.59 Å². The molecule has 0 saturated heterocycles. The highest BCUT2D eigenvalue weighted by Gasteiger charge is 1.96. The van der Waals surface area contributed by atoms with E-state index < -0.39 is 11.9 Å². The molecule has 0 atom stereocenters. The molecular weight excluding hydrogens is 172 g/mol. The van der Waals surface area contributed by atoms with Gasteiger partial charge in [0.05, 0.1) is 0 Å². The molecule has 0 fully saturated rings. The molecule has 0 aliphatic heterocycles. The van der Waals surface area contributed by atoms with Crippen LogP contribution in [0.25, 0.3) is 0 Å². The van der Waals surface area contributed by atoms with Crippen molar-refractivity contribution in [1.82, 2.24) is 0 Å². The van der Waals surface area contributed by atoms with Crippen molar-refractivity contribution in [2.45, 2.75) is 26.7 Å². The van der Waals surface area contributed by atoms with Crippen LogP contribution in [0, 0.1) is 0 Å². The topological polar surface area (TPSA) is 63.6 Å². The highest BCUT2D eigenvalue weighted by molar-refractivity contribution is 5.90. The standard InChI is InChI=1S/C5H6O3.C4H10O/c1-3-5(7)8-4(2)6;1-2-3-4-5/h3H,1H2,2H3;5H,2-4H2,1H3. The number of hydrogen-bond donors (Lipinski definition) is 1. The summed E-state index contributed by atoms with van der Waals surface area (Å²) in [6.07, 6.45) is 2.97. The number of aliphatic hydroxyl groups is 1. The number of rotatable bonds is 3. The van der Waals surface area contributed by atoms with Crippen LogP contribution in [0.15, 0.2) is 12.7 Å². The van der Waals surface area contributed by atoms with Gasteiger partial charge < -0.3 is 9.84 Å². The summed E-state index contributed by atoms with van der Waals surface area (Å²) in [5, 5.41) is 8.07. The maximum atomic E-state index is 10.1. The van der Waals surface area contributed by atoms with E-state index >= 15 is 0 Å². The van der Waals surface area contributed by atoms with Crippen molar-refractivity contribution in [1.29, 1.82) is 0 Å². The lowest BCUT2D eigenvalue weighted by Crippen LogP contribution is -2.04. The van der Waals surface area contributed by atoms with E-state index in [-0.39, 0.29) is 0 Å². The highest BCUT2D eigenvalue weighted by Crippen LogP contribution is 1.79. The highest BCUT2D eigenvalue weighted by atomic mass is 16.6. The van der Waals surface area contributed by atoms with Gasteiger partial charge in [0.2, 0.25) is 0 Å². The molecule has 76 valence electrons. The van der Waals surface area contributed by atoms with Crippen LogP contribution < -0.4 is 0 Å². The molecule has 0 aromatic heterocycles. The molecule has 0 rings (SSSR count). The van der Waals surface area contributed by atoms with Crippen molar-refractivity contribution in [3.63, 3.8) is 0 Å². The van der Waals surface area contributed by atoms with Crippen LogP contribution in [0.4, 0.5) is 0 Å². The predicted molar refractivity (Wildman–Crippen MR) is 49.0 cm³/mol. The first-order chi connectivity index (χ1) is 6.08. The third kappa shape index (κ3) is 18.1. The van der Waals surface area contributed by atoms with E-state index in [1.54, 1.807) is 0 Å². The maximum absolute atomic E-state index is 10.1. The van der Waals surface area contributed by atoms with E-state index in [0.717, 1.165) is 25.8 Å². The molecule has 0 aliphatic carbocycles. The fourth-order valence-electron chi connectivity index (χ4n) is 0.341. The lowest BCUT2D eigenvalue weighted by atomic mass is 10.4. The Hall–Kier alpha value is -1.16. The van der Waals surface area contributed by atoms with Crippen LogP contribution >= 0.6 is 0 Å². The number of ether oxygens (including phenoxy) is 1. The molecule has 0 aromatic rings. The lowest BCUT2D eigenvalue weighted by molar-refractivity contribution is -0.154. The number of unbranched alkanes of at least 4 members (excludes halogenated alkanes) is 1. The van der Waals surface area contributed by atoms with Gasteiger partial charge in [0.15, 0.2) is 0 Å². The second-order valence-electron chi connectivity index (χ2n) is 2.19. The first kappa shape index (κ1) is 14.4. The van der Waals surface area contributed by atoms with Gasteiger partial charge in [-0.25, -0.2) is 4.79 Å². The van der Waals surface area contributed by atoms with Crippen LogP contribution in [0.5, 0.6) is 0 Å². The van der Waals surface area contributed by atoms with Crippen molar-refractivity contribution < 1.29 is 19.4 Å². The minimum absolute atomic E-state index is 0.344. The van der Waals surface area contributed by atoms with Gasteiger partial charge in [-0.15, -0.1) is 0 Å². The van der Waals surface area contributed by atoms with Crippen molar-refractivity contribution >= 4 is 11.9 Å². The fourth-order valence-corrected chi connectivity index (χ4v) is 0.341. The van der Waals surface area contributed by atoms with E-state index in [0.29, 0.717) is 6.61 Å². The molecule has 4 nitrogen and oxygen atoms in total. The zero-order valence-electron chi connectivity index (χ0n) is 8.08. The number of esters is 2. The van der Waals surface area contributed by atoms with Crippen molar-refractivity contribution in [2.24, 2.45) is 0 Å². The van der Waals surface area contributed by atoms with Crippen molar-refractivity contribution in [3.8, 4) is 0 Å². The molecule has 0 unspecified atom stereocenters. The maximum Gasteiger partial charge on any atom is 0.337 e. The van der Waals surface area contributed by atoms with Gasteiger partial charge in [-0.2, -0.15) is 0 Å². The third-order valence-corrected chi connectivity index (χ3v) is 0.923. The zero-order chi connectivity index (χ0) is 10.7. The smallest absolute Gasteiger partial charge is 0.337 e. The molecule has 0 spiro atoms. The zero-order valence-corrected chi connectivity index (χ0v) is 8.08. The van der Waals surface area contributed by atoms with E-state index in [1.807, 2.05) is 0 Å². The lowest BCUT2D eigenvalue weighted by Gasteiger charge is -1.89. The van der Waals surface area contributed by atoms with Gasteiger partial charge >= 0.3 is 11.9 Å². The molecule has 0 amide bonds. The molecular formula is C9H16O4. The Labute approximate surface area is 78.2 Å². The van der Waals surface area contributed by atoms with Gasteiger partial charge in [-0.1, -0.05) is 19.9 Å². The van der Waals surface area contributed by atoms with Crippen LogP contribution in [0.3, 0.4) is 0 Å². The summed E-state index contributed by atoms with van der Waals surface area (Å²) in [7, 11) is 0. The molecule has 0 bridgehead atoms. The molecule has 0 aromatic carbocycles. The third-order valence-electron chi connectivity index (χ3n) is 0.923. The van der Waals surface area contributed by atoms with Gasteiger partial charge in [-0.05, 0) is 6.42 Å². The fraction of sp³-hybridized carbons (Fsp3) is 0.556. The number of carbonyl (C=O) groups is 2. The monoisotopic (exact) mass is 188 g/mol. The summed E-state index contributed by atoms with van der Waals surface area (Å²) in [5.74, 6) is -1.33. The van der Waals surface area contributed by atoms with E-state index in [2.05, 4.69) is 18.2 Å². The molecule has 0 heterocycles. The van der Waals surface area contributed by atoms with Crippen molar-refractivity contribution in [3.05, 3.63) is 12.7 Å². The molecule has 13 heavy (non-hydrogen) atoms. The number of hydrogen-bond acceptors (Lipinski definition) is 4. The predicted octanol–water partition coefficient (Wildman–Crippen LogP) is 1.04. The van der Waals surface area contributed by atoms with Gasteiger partial charge in [0, 0.05) is 19.6 Å². The Morgan fingerprint density at radius 1 is 1.54 bits per heavy atom. The van der Waals surface area contributed by atoms with Crippen molar-refractivity contribution in [2.75, 3.05) is 6.61 Å². The van der Waals surface area contributed by atoms with Crippen LogP contribution in [0.1, 0.15) is 26.7 Å². The van der Waals surface area contributed by atoms with Gasteiger partial charge in [-0.3, -0.25) is 4.79 Å². The van der Waals surface area contributed by atoms with Gasteiger partial charge in [0.1, 0.15) is 0 Å². The van der Waals surface area contributed by atoms with Crippen LogP contribution in [0.2, 0.25) is 0 Å². The second-order valence-corrected chi connectivity index (χ2v) is 2.19. The summed E-state index contributed by atoms with van der Waals surface area (Å²) in [6, 6.07) is 0. The quantitative estimate of drug-likeness (QED) is 0.408. The summed E-state index contributed by atoms with van der Waals surface area (Å²) in [6.45, 7) is 6.64. The Morgan fingerprint density at radius 3 is 2.15 bits per heavy atom. The summed E-state index contributed by atoms with van der Waals surface area (Å²) >= 11 is 0. The Balaban J connectivity index is 0. The molecule has 4 heteroatoms. The average molecular weight is 188 g/mol.